The number of carbonyl (C=O) groups excluding carboxylic acids is 2. The summed E-state index contributed by atoms with van der Waals surface area (Å²) in [6, 6.07) is 17.1. The first kappa shape index (κ1) is 28.3. The number of ether oxygens (including phenoxy) is 1. The Labute approximate surface area is 240 Å². The maximum Gasteiger partial charge on any atom is 0.321 e. The molecule has 11 heteroatoms. The Balaban J connectivity index is 1.09. The van der Waals surface area contributed by atoms with Crippen LogP contribution in [0.1, 0.15) is 23.2 Å². The van der Waals surface area contributed by atoms with Crippen molar-refractivity contribution < 1.29 is 14.3 Å². The van der Waals surface area contributed by atoms with E-state index in [4.69, 9.17) is 4.74 Å². The molecule has 2 aliphatic heterocycles. The third kappa shape index (κ3) is 7.71. The second kappa shape index (κ2) is 13.9. The Bertz CT molecular complexity index is 1270. The summed E-state index contributed by atoms with van der Waals surface area (Å²) >= 11 is 0. The number of carbonyl (C=O) groups is 2. The van der Waals surface area contributed by atoms with Crippen molar-refractivity contribution >= 4 is 34.9 Å². The number of hydrogen-bond acceptors (Lipinski definition) is 8. The zero-order chi connectivity index (χ0) is 28.4. The van der Waals surface area contributed by atoms with Gasteiger partial charge in [-0.15, -0.1) is 0 Å². The SMILES string of the molecule is COCCNC1CCN(c2ccc(C(=O)Nc3cccc(NC(=O)N4CCN(c5ncccn5)CC4)c3)cc2)CC1. The van der Waals surface area contributed by atoms with Gasteiger partial charge in [0.2, 0.25) is 5.95 Å². The summed E-state index contributed by atoms with van der Waals surface area (Å²) in [5.74, 6) is 0.484. The van der Waals surface area contributed by atoms with Gasteiger partial charge in [0.1, 0.15) is 0 Å². The van der Waals surface area contributed by atoms with Gasteiger partial charge in [0.05, 0.1) is 6.61 Å². The molecule has 3 amide bonds. The van der Waals surface area contributed by atoms with E-state index in [2.05, 4.69) is 35.7 Å². The molecule has 3 aromatic rings. The molecule has 2 saturated heterocycles. The first-order valence-corrected chi connectivity index (χ1v) is 14.2. The van der Waals surface area contributed by atoms with Gasteiger partial charge in [-0.1, -0.05) is 6.07 Å². The van der Waals surface area contributed by atoms with Crippen LogP contribution in [-0.2, 0) is 4.74 Å². The molecular weight excluding hydrogens is 520 g/mol. The van der Waals surface area contributed by atoms with E-state index in [-0.39, 0.29) is 11.9 Å². The van der Waals surface area contributed by atoms with Crippen molar-refractivity contribution in [3.63, 3.8) is 0 Å². The summed E-state index contributed by atoms with van der Waals surface area (Å²) < 4.78 is 5.12. The summed E-state index contributed by atoms with van der Waals surface area (Å²) in [5, 5.41) is 9.44. The van der Waals surface area contributed by atoms with Crippen LogP contribution in [0.4, 0.5) is 27.8 Å². The molecule has 11 nitrogen and oxygen atoms in total. The zero-order valence-corrected chi connectivity index (χ0v) is 23.5. The fourth-order valence-corrected chi connectivity index (χ4v) is 5.18. The van der Waals surface area contributed by atoms with Crippen molar-refractivity contribution in [3.05, 3.63) is 72.6 Å². The van der Waals surface area contributed by atoms with Crippen LogP contribution >= 0.6 is 0 Å². The number of nitrogens with zero attached hydrogens (tertiary/aromatic N) is 5. The average molecular weight is 559 g/mol. The molecule has 0 spiro atoms. The molecule has 1 aromatic heterocycles. The molecule has 0 unspecified atom stereocenters. The number of piperazine rings is 1. The summed E-state index contributed by atoms with van der Waals surface area (Å²) in [5.41, 5.74) is 2.95. The molecule has 2 aliphatic rings. The summed E-state index contributed by atoms with van der Waals surface area (Å²) in [6.07, 6.45) is 5.60. The van der Waals surface area contributed by atoms with Crippen LogP contribution in [0.3, 0.4) is 0 Å². The molecule has 5 rings (SSSR count). The number of hydrogen-bond donors (Lipinski definition) is 3. The van der Waals surface area contributed by atoms with Crippen LogP contribution in [0.2, 0.25) is 0 Å². The molecule has 0 radical (unpaired) electrons. The minimum Gasteiger partial charge on any atom is -0.383 e. The van der Waals surface area contributed by atoms with Crippen molar-refractivity contribution in [1.82, 2.24) is 20.2 Å². The lowest BCUT2D eigenvalue weighted by Gasteiger charge is -2.34. The smallest absolute Gasteiger partial charge is 0.321 e. The third-order valence-electron chi connectivity index (χ3n) is 7.50. The van der Waals surface area contributed by atoms with E-state index in [0.29, 0.717) is 55.1 Å². The van der Waals surface area contributed by atoms with E-state index in [0.717, 1.165) is 44.8 Å². The highest BCUT2D eigenvalue weighted by Gasteiger charge is 2.23. The van der Waals surface area contributed by atoms with Crippen LogP contribution in [0.5, 0.6) is 0 Å². The number of anilines is 4. The van der Waals surface area contributed by atoms with Gasteiger partial charge in [-0.25, -0.2) is 14.8 Å². The maximum absolute atomic E-state index is 12.9. The standard InChI is InChI=1S/C30H38N8O3/c1-41-21-14-31-24-10-15-36(16-11-24)27-8-6-23(7-9-27)28(39)34-25-4-2-5-26(22-25)35-30(40)38-19-17-37(18-20-38)29-32-12-3-13-33-29/h2-9,12-13,22,24,31H,10-11,14-21H2,1H3,(H,34,39)(H,35,40). The Morgan fingerprint density at radius 3 is 2.22 bits per heavy atom. The minimum absolute atomic E-state index is 0.174. The van der Waals surface area contributed by atoms with Crippen molar-refractivity contribution in [3.8, 4) is 0 Å². The molecule has 2 fully saturated rings. The number of piperidine rings is 1. The third-order valence-corrected chi connectivity index (χ3v) is 7.50. The van der Waals surface area contributed by atoms with E-state index in [9.17, 15) is 9.59 Å². The highest BCUT2D eigenvalue weighted by molar-refractivity contribution is 6.04. The van der Waals surface area contributed by atoms with Gasteiger partial charge in [0, 0.05) is 94.0 Å². The van der Waals surface area contributed by atoms with Crippen molar-refractivity contribution in [2.45, 2.75) is 18.9 Å². The van der Waals surface area contributed by atoms with Crippen molar-refractivity contribution in [2.75, 3.05) is 80.0 Å². The maximum atomic E-state index is 12.9. The van der Waals surface area contributed by atoms with E-state index in [1.807, 2.05) is 42.5 Å². The first-order chi connectivity index (χ1) is 20.1. The average Bonchev–Trinajstić information content (AvgIpc) is 3.02. The second-order valence-corrected chi connectivity index (χ2v) is 10.2. The highest BCUT2D eigenvalue weighted by atomic mass is 16.5. The quantitative estimate of drug-likeness (QED) is 0.343. The molecule has 0 aliphatic carbocycles. The van der Waals surface area contributed by atoms with E-state index in [1.54, 1.807) is 36.5 Å². The van der Waals surface area contributed by atoms with Gasteiger partial charge >= 0.3 is 6.03 Å². The van der Waals surface area contributed by atoms with Crippen LogP contribution < -0.4 is 25.8 Å². The van der Waals surface area contributed by atoms with Gasteiger partial charge in [-0.2, -0.15) is 0 Å². The molecule has 216 valence electrons. The summed E-state index contributed by atoms with van der Waals surface area (Å²) in [4.78, 5) is 40.6. The lowest BCUT2D eigenvalue weighted by Crippen LogP contribution is -2.50. The fourth-order valence-electron chi connectivity index (χ4n) is 5.18. The Morgan fingerprint density at radius 2 is 1.54 bits per heavy atom. The lowest BCUT2D eigenvalue weighted by molar-refractivity contribution is 0.102. The number of methoxy groups -OCH3 is 1. The van der Waals surface area contributed by atoms with Crippen molar-refractivity contribution in [2.24, 2.45) is 0 Å². The van der Waals surface area contributed by atoms with Gasteiger partial charge < -0.3 is 35.4 Å². The molecule has 2 aromatic carbocycles. The predicted octanol–water partition coefficient (Wildman–Crippen LogP) is 3.29. The van der Waals surface area contributed by atoms with Gasteiger partial charge in [-0.3, -0.25) is 4.79 Å². The molecule has 0 saturated carbocycles. The van der Waals surface area contributed by atoms with Gasteiger partial charge in [0.15, 0.2) is 0 Å². The summed E-state index contributed by atoms with van der Waals surface area (Å²) in [6.45, 7) is 6.03. The van der Waals surface area contributed by atoms with Crippen LogP contribution in [-0.4, -0.2) is 92.4 Å². The largest absolute Gasteiger partial charge is 0.383 e. The molecular formula is C30H38N8O3. The monoisotopic (exact) mass is 558 g/mol. The molecule has 3 N–H and O–H groups in total. The minimum atomic E-state index is -0.194. The van der Waals surface area contributed by atoms with Crippen LogP contribution in [0.15, 0.2) is 67.0 Å². The number of urea groups is 1. The Kier molecular flexibility index (Phi) is 9.61. The van der Waals surface area contributed by atoms with E-state index in [1.165, 1.54) is 0 Å². The molecule has 3 heterocycles. The fraction of sp³-hybridized carbons (Fsp3) is 0.400. The van der Waals surface area contributed by atoms with Crippen LogP contribution in [0.25, 0.3) is 0 Å². The highest BCUT2D eigenvalue weighted by Crippen LogP contribution is 2.22. The van der Waals surface area contributed by atoms with E-state index < -0.39 is 0 Å². The van der Waals surface area contributed by atoms with Gasteiger partial charge in [-0.05, 0) is 61.4 Å². The first-order valence-electron chi connectivity index (χ1n) is 14.2. The topological polar surface area (TPSA) is 115 Å². The number of nitrogens with one attached hydrogen (secondary N) is 3. The van der Waals surface area contributed by atoms with Crippen molar-refractivity contribution in [1.29, 1.82) is 0 Å². The summed E-state index contributed by atoms with van der Waals surface area (Å²) in [7, 11) is 1.72. The number of amides is 3. The number of rotatable bonds is 9. The predicted molar refractivity (Wildman–Crippen MR) is 161 cm³/mol. The van der Waals surface area contributed by atoms with Gasteiger partial charge in [0.25, 0.3) is 5.91 Å². The van der Waals surface area contributed by atoms with Crippen LogP contribution in [0, 0.1) is 0 Å². The Morgan fingerprint density at radius 1 is 0.854 bits per heavy atom. The van der Waals surface area contributed by atoms with E-state index >= 15 is 0 Å². The lowest BCUT2D eigenvalue weighted by atomic mass is 10.0. The normalized spacial score (nSPS) is 16.0. The zero-order valence-electron chi connectivity index (χ0n) is 23.5. The number of aromatic nitrogens is 2. The molecule has 0 atom stereocenters. The second-order valence-electron chi connectivity index (χ2n) is 10.2. The molecule has 0 bridgehead atoms. The number of benzene rings is 2. The Hall–Kier alpha value is -4.22. The molecule has 41 heavy (non-hydrogen) atoms.